The molecule has 0 radical (unpaired) electrons. The van der Waals surface area contributed by atoms with Crippen LogP contribution in [0.15, 0.2) is 24.3 Å². The molecule has 0 aromatic heterocycles. The summed E-state index contributed by atoms with van der Waals surface area (Å²) in [6, 6.07) is 8.20. The number of para-hydroxylation sites is 1. The molecule has 2 rings (SSSR count). The highest BCUT2D eigenvalue weighted by atomic mass is 127. The van der Waals surface area contributed by atoms with Gasteiger partial charge in [-0.15, -0.1) is 0 Å². The number of ether oxygens (including phenoxy) is 1. The van der Waals surface area contributed by atoms with Gasteiger partial charge in [-0.1, -0.05) is 18.2 Å². The lowest BCUT2D eigenvalue weighted by molar-refractivity contribution is 0.338. The van der Waals surface area contributed by atoms with E-state index >= 15 is 0 Å². The smallest absolute Gasteiger partial charge is 0.153 e. The van der Waals surface area contributed by atoms with Gasteiger partial charge < -0.3 is 4.74 Å². The fourth-order valence-corrected chi connectivity index (χ4v) is 1.89. The van der Waals surface area contributed by atoms with Gasteiger partial charge in [-0.3, -0.25) is 0 Å². The molecule has 0 aliphatic carbocycles. The Labute approximate surface area is 73.5 Å². The molecule has 10 heavy (non-hydrogen) atoms. The van der Waals surface area contributed by atoms with Crippen LogP contribution < -0.4 is 4.74 Å². The van der Waals surface area contributed by atoms with Crippen molar-refractivity contribution in [3.63, 3.8) is 0 Å². The quantitative estimate of drug-likeness (QED) is 0.504. The van der Waals surface area contributed by atoms with Crippen molar-refractivity contribution in [2.75, 3.05) is 0 Å². The molecule has 0 fully saturated rings. The minimum Gasteiger partial charge on any atom is -0.480 e. The average molecular weight is 246 g/mol. The third-order valence-corrected chi connectivity index (χ3v) is 2.30. The zero-order valence-corrected chi connectivity index (χ0v) is 7.54. The minimum absolute atomic E-state index is 0.343. The van der Waals surface area contributed by atoms with Crippen LogP contribution in [-0.4, -0.2) is 4.11 Å². The third kappa shape index (κ3) is 1.00. The van der Waals surface area contributed by atoms with Gasteiger partial charge in [0.1, 0.15) is 5.75 Å². The first-order valence-electron chi connectivity index (χ1n) is 3.25. The zero-order chi connectivity index (χ0) is 6.97. The highest BCUT2D eigenvalue weighted by Crippen LogP contribution is 2.30. The summed E-state index contributed by atoms with van der Waals surface area (Å²) >= 11 is 2.31. The number of benzene rings is 1. The van der Waals surface area contributed by atoms with E-state index in [1.807, 2.05) is 12.1 Å². The van der Waals surface area contributed by atoms with Crippen LogP contribution in [0.5, 0.6) is 5.75 Å². The minimum atomic E-state index is 0.343. The lowest BCUT2D eigenvalue weighted by Crippen LogP contribution is -2.00. The highest BCUT2D eigenvalue weighted by molar-refractivity contribution is 14.1. The predicted octanol–water partition coefficient (Wildman–Crippen LogP) is 2.38. The fourth-order valence-electron chi connectivity index (χ4n) is 1.14. The van der Waals surface area contributed by atoms with E-state index in [2.05, 4.69) is 34.7 Å². The maximum atomic E-state index is 5.49. The van der Waals surface area contributed by atoms with E-state index in [1.54, 1.807) is 0 Å². The predicted molar refractivity (Wildman–Crippen MR) is 48.6 cm³/mol. The molecule has 2 heteroatoms. The number of hydrogen-bond acceptors (Lipinski definition) is 1. The normalized spacial score (nSPS) is 21.9. The van der Waals surface area contributed by atoms with Crippen molar-refractivity contribution in [2.24, 2.45) is 0 Å². The van der Waals surface area contributed by atoms with Crippen molar-refractivity contribution in [1.82, 2.24) is 0 Å². The Balaban J connectivity index is 2.42. The maximum absolute atomic E-state index is 5.49. The Kier molecular flexibility index (Phi) is 1.56. The van der Waals surface area contributed by atoms with E-state index in [0.29, 0.717) is 4.11 Å². The molecule has 1 atom stereocenters. The molecule has 0 amide bonds. The van der Waals surface area contributed by atoms with Crippen LogP contribution in [0.25, 0.3) is 0 Å². The summed E-state index contributed by atoms with van der Waals surface area (Å²) in [5.41, 5.74) is 1.34. The van der Waals surface area contributed by atoms with Gasteiger partial charge in [0, 0.05) is 6.42 Å². The Morgan fingerprint density at radius 1 is 1.40 bits per heavy atom. The van der Waals surface area contributed by atoms with E-state index in [4.69, 9.17) is 4.74 Å². The number of hydrogen-bond donors (Lipinski definition) is 0. The monoisotopic (exact) mass is 246 g/mol. The molecule has 0 saturated carbocycles. The van der Waals surface area contributed by atoms with Crippen LogP contribution in [-0.2, 0) is 6.42 Å². The number of halogens is 1. The van der Waals surface area contributed by atoms with Crippen LogP contribution in [0.2, 0.25) is 0 Å². The van der Waals surface area contributed by atoms with Crippen LogP contribution in [0.3, 0.4) is 0 Å². The Morgan fingerprint density at radius 2 is 2.20 bits per heavy atom. The van der Waals surface area contributed by atoms with Gasteiger partial charge in [0.2, 0.25) is 0 Å². The summed E-state index contributed by atoms with van der Waals surface area (Å²) in [5, 5.41) is 0. The molecular weight excluding hydrogens is 239 g/mol. The van der Waals surface area contributed by atoms with Crippen LogP contribution in [0.4, 0.5) is 0 Å². The standard InChI is InChI=1S/C8H7IO/c9-8-5-6-3-1-2-4-7(6)10-8/h1-4,8H,5H2. The largest absolute Gasteiger partial charge is 0.480 e. The number of alkyl halides is 1. The van der Waals surface area contributed by atoms with Gasteiger partial charge in [0.25, 0.3) is 0 Å². The first kappa shape index (κ1) is 6.46. The third-order valence-electron chi connectivity index (χ3n) is 1.61. The van der Waals surface area contributed by atoms with E-state index in [0.717, 1.165) is 12.2 Å². The van der Waals surface area contributed by atoms with Gasteiger partial charge in [0.05, 0.1) is 0 Å². The molecule has 52 valence electrons. The van der Waals surface area contributed by atoms with Crippen molar-refractivity contribution >= 4 is 22.6 Å². The second-order valence-electron chi connectivity index (χ2n) is 2.34. The number of fused-ring (bicyclic) bond motifs is 1. The molecule has 0 N–H and O–H groups in total. The molecule has 1 aromatic carbocycles. The van der Waals surface area contributed by atoms with Crippen LogP contribution >= 0.6 is 22.6 Å². The molecule has 1 nitrogen and oxygen atoms in total. The van der Waals surface area contributed by atoms with Gasteiger partial charge in [-0.05, 0) is 34.2 Å². The second-order valence-corrected chi connectivity index (χ2v) is 3.73. The molecule has 1 heterocycles. The SMILES string of the molecule is IC1Cc2ccccc2O1. The Morgan fingerprint density at radius 3 is 3.00 bits per heavy atom. The van der Waals surface area contributed by atoms with Crippen molar-refractivity contribution in [3.05, 3.63) is 29.8 Å². The fraction of sp³-hybridized carbons (Fsp3) is 0.250. The molecule has 0 bridgehead atoms. The lowest BCUT2D eigenvalue weighted by atomic mass is 10.2. The molecular formula is C8H7IO. The first-order chi connectivity index (χ1) is 4.86. The maximum Gasteiger partial charge on any atom is 0.153 e. The summed E-state index contributed by atoms with van der Waals surface area (Å²) in [7, 11) is 0. The zero-order valence-electron chi connectivity index (χ0n) is 5.38. The lowest BCUT2D eigenvalue weighted by Gasteiger charge is -1.98. The number of rotatable bonds is 0. The Hall–Kier alpha value is -0.250. The van der Waals surface area contributed by atoms with E-state index in [-0.39, 0.29) is 0 Å². The molecule has 0 spiro atoms. The summed E-state index contributed by atoms with van der Waals surface area (Å²) in [4.78, 5) is 0. The van der Waals surface area contributed by atoms with E-state index < -0.39 is 0 Å². The van der Waals surface area contributed by atoms with Crippen molar-refractivity contribution in [1.29, 1.82) is 0 Å². The highest BCUT2D eigenvalue weighted by Gasteiger charge is 2.18. The molecule has 1 aliphatic heterocycles. The molecule has 1 unspecified atom stereocenters. The average Bonchev–Trinajstić information content (AvgIpc) is 2.27. The molecule has 1 aromatic rings. The van der Waals surface area contributed by atoms with Crippen molar-refractivity contribution in [2.45, 2.75) is 10.5 Å². The topological polar surface area (TPSA) is 9.23 Å². The van der Waals surface area contributed by atoms with Gasteiger partial charge in [-0.25, -0.2) is 0 Å². The summed E-state index contributed by atoms with van der Waals surface area (Å²) in [5.74, 6) is 1.06. The molecule has 1 aliphatic rings. The van der Waals surface area contributed by atoms with E-state index in [1.165, 1.54) is 5.56 Å². The summed E-state index contributed by atoms with van der Waals surface area (Å²) < 4.78 is 5.84. The Bertz CT molecular complexity index is 222. The van der Waals surface area contributed by atoms with Gasteiger partial charge in [0.15, 0.2) is 4.11 Å². The molecule has 0 saturated heterocycles. The van der Waals surface area contributed by atoms with Crippen molar-refractivity contribution < 1.29 is 4.74 Å². The van der Waals surface area contributed by atoms with Crippen LogP contribution in [0, 0.1) is 0 Å². The second kappa shape index (κ2) is 2.42. The summed E-state index contributed by atoms with van der Waals surface area (Å²) in [6.07, 6.45) is 1.05. The van der Waals surface area contributed by atoms with Crippen molar-refractivity contribution in [3.8, 4) is 5.75 Å². The van der Waals surface area contributed by atoms with E-state index in [9.17, 15) is 0 Å². The first-order valence-corrected chi connectivity index (χ1v) is 4.49. The van der Waals surface area contributed by atoms with Gasteiger partial charge >= 0.3 is 0 Å². The van der Waals surface area contributed by atoms with Crippen LogP contribution in [0.1, 0.15) is 5.56 Å². The summed E-state index contributed by atoms with van der Waals surface area (Å²) in [6.45, 7) is 0. The van der Waals surface area contributed by atoms with Gasteiger partial charge in [-0.2, -0.15) is 0 Å².